The molecule has 0 aromatic heterocycles. The Balaban J connectivity index is 2.24. The van der Waals surface area contributed by atoms with Gasteiger partial charge in [-0.2, -0.15) is 0 Å². The quantitative estimate of drug-likeness (QED) is 0.423. The Kier molecular flexibility index (Phi) is 4.26. The Morgan fingerprint density at radius 1 is 0.905 bits per heavy atom. The second-order valence-electron chi connectivity index (χ2n) is 5.02. The summed E-state index contributed by atoms with van der Waals surface area (Å²) in [6, 6.07) is 18.4. The zero-order valence-electron chi connectivity index (χ0n) is 11.4. The molecule has 0 spiro atoms. The van der Waals surface area contributed by atoms with Gasteiger partial charge in [-0.15, -0.1) is 0 Å². The maximum atomic E-state index is 6.38. The van der Waals surface area contributed by atoms with Crippen LogP contribution in [-0.4, -0.2) is 0 Å². The zero-order valence-corrected chi connectivity index (χ0v) is 14.5. The lowest BCUT2D eigenvalue weighted by Gasteiger charge is -2.18. The van der Waals surface area contributed by atoms with Crippen molar-refractivity contribution < 1.29 is 0 Å². The Morgan fingerprint density at radius 2 is 1.67 bits per heavy atom. The summed E-state index contributed by atoms with van der Waals surface area (Å²) in [6.07, 6.45) is 0. The van der Waals surface area contributed by atoms with Crippen LogP contribution in [0.4, 0.5) is 0 Å². The van der Waals surface area contributed by atoms with Gasteiger partial charge in [0.1, 0.15) is 0 Å². The molecule has 0 bridgehead atoms. The second-order valence-corrected chi connectivity index (χ2v) is 6.72. The molecule has 0 saturated carbocycles. The molecule has 3 aromatic carbocycles. The molecule has 0 radical (unpaired) electrons. The van der Waals surface area contributed by atoms with Crippen molar-refractivity contribution in [2.24, 2.45) is 0 Å². The summed E-state index contributed by atoms with van der Waals surface area (Å²) in [4.78, 5) is 0.00907. The Labute approximate surface area is 142 Å². The van der Waals surface area contributed by atoms with Crippen LogP contribution in [0, 0.1) is 6.92 Å². The number of fused-ring (bicyclic) bond motifs is 1. The van der Waals surface area contributed by atoms with Gasteiger partial charge in [0.15, 0.2) is 0 Å². The van der Waals surface area contributed by atoms with E-state index < -0.39 is 0 Å². The van der Waals surface area contributed by atoms with Crippen molar-refractivity contribution >= 4 is 49.9 Å². The van der Waals surface area contributed by atoms with Crippen LogP contribution in [0.2, 0.25) is 10.0 Å². The lowest BCUT2D eigenvalue weighted by Crippen LogP contribution is -1.98. The van der Waals surface area contributed by atoms with E-state index in [1.807, 2.05) is 18.2 Å². The standard InChI is InChI=1S/C18H13BrCl2/c1-11-9-10-12-5-2-3-6-13(12)16(11)17(19)14-7-4-8-15(20)18(14)21/h2-10,17H,1H3. The van der Waals surface area contributed by atoms with E-state index in [0.717, 1.165) is 5.56 Å². The van der Waals surface area contributed by atoms with Crippen LogP contribution < -0.4 is 0 Å². The smallest absolute Gasteiger partial charge is 0.0668 e. The molecule has 0 saturated heterocycles. The highest BCUT2D eigenvalue weighted by Gasteiger charge is 2.19. The van der Waals surface area contributed by atoms with Gasteiger partial charge in [-0.1, -0.05) is 87.7 Å². The maximum absolute atomic E-state index is 6.38. The summed E-state index contributed by atoms with van der Waals surface area (Å²) < 4.78 is 0. The fraction of sp³-hybridized carbons (Fsp3) is 0.111. The van der Waals surface area contributed by atoms with Crippen molar-refractivity contribution in [2.75, 3.05) is 0 Å². The van der Waals surface area contributed by atoms with Crippen molar-refractivity contribution in [1.29, 1.82) is 0 Å². The summed E-state index contributed by atoms with van der Waals surface area (Å²) in [6.45, 7) is 2.12. The molecule has 1 atom stereocenters. The molecule has 0 aliphatic carbocycles. The molecule has 3 heteroatoms. The van der Waals surface area contributed by atoms with E-state index in [0.29, 0.717) is 10.0 Å². The average Bonchev–Trinajstić information content (AvgIpc) is 2.49. The van der Waals surface area contributed by atoms with E-state index in [2.05, 4.69) is 59.3 Å². The summed E-state index contributed by atoms with van der Waals surface area (Å²) in [7, 11) is 0. The minimum atomic E-state index is 0.00907. The molecule has 0 aliphatic rings. The number of benzene rings is 3. The van der Waals surface area contributed by atoms with Crippen LogP contribution in [0.3, 0.4) is 0 Å². The number of alkyl halides is 1. The molecule has 0 heterocycles. The first kappa shape index (κ1) is 14.9. The molecule has 0 N–H and O–H groups in total. The van der Waals surface area contributed by atoms with Crippen LogP contribution in [0.15, 0.2) is 54.6 Å². The fourth-order valence-corrected chi connectivity index (χ4v) is 4.15. The van der Waals surface area contributed by atoms with Gasteiger partial charge in [0, 0.05) is 0 Å². The van der Waals surface area contributed by atoms with E-state index in [9.17, 15) is 0 Å². The first-order valence-corrected chi connectivity index (χ1v) is 8.33. The van der Waals surface area contributed by atoms with Crippen LogP contribution in [0.5, 0.6) is 0 Å². The van der Waals surface area contributed by atoms with Gasteiger partial charge in [-0.25, -0.2) is 0 Å². The zero-order chi connectivity index (χ0) is 15.0. The van der Waals surface area contributed by atoms with Gasteiger partial charge in [0.25, 0.3) is 0 Å². The Bertz CT molecular complexity index is 811. The van der Waals surface area contributed by atoms with Gasteiger partial charge in [0.05, 0.1) is 14.9 Å². The summed E-state index contributed by atoms with van der Waals surface area (Å²) in [5.74, 6) is 0. The number of halogens is 3. The molecule has 3 aromatic rings. The number of rotatable bonds is 2. The van der Waals surface area contributed by atoms with Crippen LogP contribution in [0.25, 0.3) is 10.8 Å². The number of aryl methyl sites for hydroxylation is 1. The molecule has 3 rings (SSSR count). The van der Waals surface area contributed by atoms with Crippen LogP contribution in [0.1, 0.15) is 21.5 Å². The van der Waals surface area contributed by atoms with Crippen molar-refractivity contribution in [3.63, 3.8) is 0 Å². The molecule has 0 nitrogen and oxygen atoms in total. The van der Waals surface area contributed by atoms with Gasteiger partial charge >= 0.3 is 0 Å². The topological polar surface area (TPSA) is 0 Å². The third-order valence-electron chi connectivity index (χ3n) is 3.70. The normalized spacial score (nSPS) is 12.6. The minimum absolute atomic E-state index is 0.00907. The number of hydrogen-bond acceptors (Lipinski definition) is 0. The summed E-state index contributed by atoms with van der Waals surface area (Å²) in [5, 5.41) is 3.64. The lowest BCUT2D eigenvalue weighted by atomic mass is 9.94. The molecule has 1 unspecified atom stereocenters. The molecular weight excluding hydrogens is 367 g/mol. The fourth-order valence-electron chi connectivity index (χ4n) is 2.61. The van der Waals surface area contributed by atoms with E-state index in [-0.39, 0.29) is 4.83 Å². The largest absolute Gasteiger partial charge is 0.0827 e. The maximum Gasteiger partial charge on any atom is 0.0668 e. The van der Waals surface area contributed by atoms with Gasteiger partial charge in [0.2, 0.25) is 0 Å². The van der Waals surface area contributed by atoms with Gasteiger partial charge < -0.3 is 0 Å². The predicted octanol–water partition coefficient (Wildman–Crippen LogP) is 6.94. The molecular formula is C18H13BrCl2. The third-order valence-corrected chi connectivity index (χ3v) is 5.48. The Hall–Kier alpha value is -1.02. The van der Waals surface area contributed by atoms with Crippen LogP contribution >= 0.6 is 39.1 Å². The third kappa shape index (κ3) is 2.70. The van der Waals surface area contributed by atoms with E-state index >= 15 is 0 Å². The SMILES string of the molecule is Cc1ccc2ccccc2c1C(Br)c1cccc(Cl)c1Cl. The molecule has 0 fully saturated rings. The van der Waals surface area contributed by atoms with Crippen LogP contribution in [-0.2, 0) is 0 Å². The van der Waals surface area contributed by atoms with E-state index in [1.54, 1.807) is 0 Å². The highest BCUT2D eigenvalue weighted by Crippen LogP contribution is 2.41. The highest BCUT2D eigenvalue weighted by atomic mass is 79.9. The summed E-state index contributed by atoms with van der Waals surface area (Å²) in [5.41, 5.74) is 3.45. The lowest BCUT2D eigenvalue weighted by molar-refractivity contribution is 1.16. The number of hydrogen-bond donors (Lipinski definition) is 0. The van der Waals surface area contributed by atoms with Gasteiger partial charge in [-0.3, -0.25) is 0 Å². The van der Waals surface area contributed by atoms with Crippen molar-refractivity contribution in [3.05, 3.63) is 81.3 Å². The van der Waals surface area contributed by atoms with Crippen molar-refractivity contribution in [2.45, 2.75) is 11.8 Å². The minimum Gasteiger partial charge on any atom is -0.0827 e. The van der Waals surface area contributed by atoms with Crippen molar-refractivity contribution in [1.82, 2.24) is 0 Å². The van der Waals surface area contributed by atoms with E-state index in [4.69, 9.17) is 23.2 Å². The average molecular weight is 380 g/mol. The molecule has 0 aliphatic heterocycles. The van der Waals surface area contributed by atoms with Crippen molar-refractivity contribution in [3.8, 4) is 0 Å². The Morgan fingerprint density at radius 3 is 2.48 bits per heavy atom. The highest BCUT2D eigenvalue weighted by molar-refractivity contribution is 9.09. The second kappa shape index (κ2) is 6.00. The molecule has 106 valence electrons. The van der Waals surface area contributed by atoms with Gasteiger partial charge in [-0.05, 0) is 40.5 Å². The molecule has 0 amide bonds. The first-order chi connectivity index (χ1) is 10.1. The first-order valence-electron chi connectivity index (χ1n) is 6.66. The molecule has 21 heavy (non-hydrogen) atoms. The summed E-state index contributed by atoms with van der Waals surface area (Å²) >= 11 is 16.3. The predicted molar refractivity (Wildman–Crippen MR) is 95.9 cm³/mol. The van der Waals surface area contributed by atoms with E-state index in [1.165, 1.54) is 21.9 Å². The monoisotopic (exact) mass is 378 g/mol.